The lowest BCUT2D eigenvalue weighted by Gasteiger charge is -2.22. The third-order valence-electron chi connectivity index (χ3n) is 11.1. The molecular weight excluding hydrogens is 671 g/mol. The van der Waals surface area contributed by atoms with Gasteiger partial charge in [-0.2, -0.15) is 0 Å². The minimum absolute atomic E-state index is 0.424. The Morgan fingerprint density at radius 1 is 0.473 bits per heavy atom. The number of furan rings is 1. The van der Waals surface area contributed by atoms with Crippen molar-refractivity contribution in [2.24, 2.45) is 5.92 Å². The molecule has 2 heterocycles. The van der Waals surface area contributed by atoms with Gasteiger partial charge in [0.25, 0.3) is 0 Å². The van der Waals surface area contributed by atoms with Crippen molar-refractivity contribution in [2.75, 3.05) is 0 Å². The lowest BCUT2D eigenvalue weighted by atomic mass is 9.82. The average Bonchev–Trinajstić information content (AvgIpc) is 3.65. The summed E-state index contributed by atoms with van der Waals surface area (Å²) in [7, 11) is 0. The fraction of sp³-hybridized carbons (Fsp3) is 0.0392. The lowest BCUT2D eigenvalue weighted by molar-refractivity contribution is 0.669. The molecule has 2 aliphatic rings. The number of fused-ring (bicyclic) bond motifs is 6. The van der Waals surface area contributed by atoms with Crippen molar-refractivity contribution in [3.05, 3.63) is 193 Å². The number of hydrogen-bond acceptors (Lipinski definition) is 4. The molecule has 0 bridgehead atoms. The summed E-state index contributed by atoms with van der Waals surface area (Å²) < 4.78 is 6.28. The van der Waals surface area contributed by atoms with Crippen LogP contribution in [0.1, 0.15) is 12.0 Å². The van der Waals surface area contributed by atoms with Gasteiger partial charge in [-0.3, -0.25) is 0 Å². The molecule has 2 aliphatic carbocycles. The van der Waals surface area contributed by atoms with E-state index in [0.717, 1.165) is 72.3 Å². The molecule has 0 amide bonds. The number of benzene rings is 7. The second kappa shape index (κ2) is 12.8. The Labute approximate surface area is 318 Å². The van der Waals surface area contributed by atoms with E-state index in [1.54, 1.807) is 0 Å². The maximum absolute atomic E-state index is 6.28. The van der Waals surface area contributed by atoms with Crippen LogP contribution in [0.25, 0.3) is 94.3 Å². The summed E-state index contributed by atoms with van der Waals surface area (Å²) in [4.78, 5) is 15.6. The minimum Gasteiger partial charge on any atom is -0.456 e. The van der Waals surface area contributed by atoms with E-state index in [9.17, 15) is 0 Å². The molecule has 0 aliphatic heterocycles. The zero-order chi connectivity index (χ0) is 36.3. The monoisotopic (exact) mass is 703 g/mol. The molecule has 1 unspecified atom stereocenters. The fourth-order valence-corrected chi connectivity index (χ4v) is 8.34. The highest BCUT2D eigenvalue weighted by molar-refractivity contribution is 6.16. The second-order valence-corrected chi connectivity index (χ2v) is 14.3. The van der Waals surface area contributed by atoms with Crippen LogP contribution in [-0.2, 0) is 0 Å². The van der Waals surface area contributed by atoms with Crippen molar-refractivity contribution in [1.29, 1.82) is 0 Å². The standard InChI is InChI=1S/C51H33N3O/c1-3-12-36-30-38(28-24-32(36)10-1)34-22-26-35(27-23-34)49-52-50(39-29-25-33-11-2-4-13-37(33)31-39)54-51(53-49)44-19-8-15-40-41(16-7-17-42(40)44)43-18-9-21-47-48(43)45-14-5-6-20-46(45)55-47/h1-29,31,36H,30H2. The van der Waals surface area contributed by atoms with Crippen LogP contribution >= 0.6 is 0 Å². The SMILES string of the molecule is C1=CC2=CC=C(c3ccc(-c4nc(-c5ccc6ccccc6c5)nc(-c5cccc6c(-c7cccc8oc9ccccc9c78)cccc56)n4)cc3)CC2C=C1. The van der Waals surface area contributed by atoms with E-state index in [1.807, 2.05) is 18.2 Å². The predicted octanol–water partition coefficient (Wildman–Crippen LogP) is 13.2. The van der Waals surface area contributed by atoms with E-state index in [2.05, 4.69) is 164 Å². The van der Waals surface area contributed by atoms with Crippen molar-refractivity contribution in [2.45, 2.75) is 6.42 Å². The molecule has 9 aromatic rings. The van der Waals surface area contributed by atoms with Gasteiger partial charge in [0.2, 0.25) is 0 Å². The number of aromatic nitrogens is 3. The molecule has 0 radical (unpaired) electrons. The summed E-state index contributed by atoms with van der Waals surface area (Å²) in [6.45, 7) is 0. The van der Waals surface area contributed by atoms with Gasteiger partial charge < -0.3 is 4.42 Å². The summed E-state index contributed by atoms with van der Waals surface area (Å²) in [5.74, 6) is 2.34. The van der Waals surface area contributed by atoms with Crippen LogP contribution in [0.15, 0.2) is 192 Å². The molecule has 55 heavy (non-hydrogen) atoms. The predicted molar refractivity (Wildman–Crippen MR) is 226 cm³/mol. The van der Waals surface area contributed by atoms with Crippen molar-refractivity contribution >= 4 is 49.1 Å². The van der Waals surface area contributed by atoms with Crippen LogP contribution in [0.4, 0.5) is 0 Å². The van der Waals surface area contributed by atoms with Crippen molar-refractivity contribution in [1.82, 2.24) is 15.0 Å². The summed E-state index contributed by atoms with van der Waals surface area (Å²) in [6.07, 6.45) is 14.3. The Morgan fingerprint density at radius 2 is 1.13 bits per heavy atom. The molecule has 4 heteroatoms. The fourth-order valence-electron chi connectivity index (χ4n) is 8.34. The highest BCUT2D eigenvalue weighted by atomic mass is 16.3. The third kappa shape index (κ3) is 5.42. The quantitative estimate of drug-likeness (QED) is 0.179. The molecule has 0 fully saturated rings. The summed E-state index contributed by atoms with van der Waals surface area (Å²) in [5.41, 5.74) is 10.8. The largest absolute Gasteiger partial charge is 0.456 e. The number of para-hydroxylation sites is 1. The Hall–Kier alpha value is -7.17. The van der Waals surface area contributed by atoms with Gasteiger partial charge in [0, 0.05) is 33.4 Å². The van der Waals surface area contributed by atoms with E-state index in [1.165, 1.54) is 22.1 Å². The van der Waals surface area contributed by atoms with Crippen LogP contribution in [-0.4, -0.2) is 15.0 Å². The molecule has 11 rings (SSSR count). The number of rotatable bonds is 5. The zero-order valence-electron chi connectivity index (χ0n) is 29.9. The highest BCUT2D eigenvalue weighted by Gasteiger charge is 2.20. The van der Waals surface area contributed by atoms with Crippen LogP contribution in [0, 0.1) is 5.92 Å². The van der Waals surface area contributed by atoms with Crippen LogP contribution < -0.4 is 0 Å². The second-order valence-electron chi connectivity index (χ2n) is 14.3. The van der Waals surface area contributed by atoms with Gasteiger partial charge in [-0.25, -0.2) is 15.0 Å². The van der Waals surface area contributed by atoms with E-state index >= 15 is 0 Å². The first-order chi connectivity index (χ1) is 27.2. The summed E-state index contributed by atoms with van der Waals surface area (Å²) >= 11 is 0. The number of nitrogens with zero attached hydrogens (tertiary/aromatic N) is 3. The van der Waals surface area contributed by atoms with Crippen LogP contribution in [0.5, 0.6) is 0 Å². The average molecular weight is 704 g/mol. The molecule has 1 atom stereocenters. The van der Waals surface area contributed by atoms with Gasteiger partial charge in [0.1, 0.15) is 11.2 Å². The van der Waals surface area contributed by atoms with Crippen molar-refractivity contribution in [3.63, 3.8) is 0 Å². The first-order valence-electron chi connectivity index (χ1n) is 18.8. The van der Waals surface area contributed by atoms with Gasteiger partial charge in [0.05, 0.1) is 0 Å². The maximum atomic E-state index is 6.28. The highest BCUT2D eigenvalue weighted by Crippen LogP contribution is 2.41. The molecule has 0 N–H and O–H groups in total. The Bertz CT molecular complexity index is 3120. The van der Waals surface area contributed by atoms with E-state index in [0.29, 0.717) is 23.4 Å². The molecule has 0 spiro atoms. The van der Waals surface area contributed by atoms with Crippen molar-refractivity contribution < 1.29 is 4.42 Å². The van der Waals surface area contributed by atoms with Crippen LogP contribution in [0.3, 0.4) is 0 Å². The van der Waals surface area contributed by atoms with Crippen LogP contribution in [0.2, 0.25) is 0 Å². The normalized spacial score (nSPS) is 15.1. The summed E-state index contributed by atoms with van der Waals surface area (Å²) in [5, 5.41) is 6.75. The summed E-state index contributed by atoms with van der Waals surface area (Å²) in [6, 6.07) is 51.0. The third-order valence-corrected chi connectivity index (χ3v) is 11.1. The number of hydrogen-bond donors (Lipinski definition) is 0. The first-order valence-corrected chi connectivity index (χ1v) is 18.8. The number of allylic oxidation sites excluding steroid dienone is 8. The van der Waals surface area contributed by atoms with E-state index in [-0.39, 0.29) is 0 Å². The van der Waals surface area contributed by atoms with Gasteiger partial charge in [-0.05, 0) is 74.0 Å². The van der Waals surface area contributed by atoms with Gasteiger partial charge >= 0.3 is 0 Å². The Morgan fingerprint density at radius 3 is 2.02 bits per heavy atom. The van der Waals surface area contributed by atoms with Crippen molar-refractivity contribution in [3.8, 4) is 45.3 Å². The smallest absolute Gasteiger partial charge is 0.164 e. The minimum atomic E-state index is 0.424. The topological polar surface area (TPSA) is 51.8 Å². The zero-order valence-corrected chi connectivity index (χ0v) is 29.9. The van der Waals surface area contributed by atoms with Gasteiger partial charge in [-0.1, -0.05) is 164 Å². The molecule has 2 aromatic heterocycles. The Kier molecular flexibility index (Phi) is 7.27. The maximum Gasteiger partial charge on any atom is 0.164 e. The van der Waals surface area contributed by atoms with E-state index in [4.69, 9.17) is 19.4 Å². The molecule has 258 valence electrons. The molecule has 0 saturated carbocycles. The lowest BCUT2D eigenvalue weighted by Crippen LogP contribution is -2.06. The first kappa shape index (κ1) is 31.4. The van der Waals surface area contributed by atoms with E-state index < -0.39 is 0 Å². The Balaban J connectivity index is 1.06. The molecular formula is C51H33N3O. The van der Waals surface area contributed by atoms with Gasteiger partial charge in [0.15, 0.2) is 17.5 Å². The van der Waals surface area contributed by atoms with Gasteiger partial charge in [-0.15, -0.1) is 0 Å². The molecule has 0 saturated heterocycles. The molecule has 4 nitrogen and oxygen atoms in total. The molecule has 7 aromatic carbocycles.